The van der Waals surface area contributed by atoms with Crippen molar-refractivity contribution in [3.8, 4) is 0 Å². The molecule has 15 atom stereocenters. The molecule has 1 saturated heterocycles. The van der Waals surface area contributed by atoms with E-state index in [1.807, 2.05) is 6.08 Å². The molecule has 3 saturated carbocycles. The zero-order valence-corrected chi connectivity index (χ0v) is 28.0. The molecule has 4 aliphatic carbocycles. The first-order chi connectivity index (χ1) is 20.6. The standard InChI is InChI=1S/C33H57O10P/c1-18(2)7-6-8-19(3)22-9-10-23-27-24(12-14-33(22,23)5)32(4)13-11-21(15-20(32)16-25(27)34)43-44(39,40)41-17-26-28(35)29(36)30(37)31(38)42-26/h16,18-19,21-31,34-38H,6-15,17H2,1-5H3,(H,39,40)/t19-,21+,22-,23+,24+,25+,26-,27+,28-,29+,30+,31?,32+,33-/m1/s1. The molecule has 0 aromatic heterocycles. The van der Waals surface area contributed by atoms with Gasteiger partial charge in [-0.1, -0.05) is 65.5 Å². The molecule has 10 nitrogen and oxygen atoms in total. The van der Waals surface area contributed by atoms with Gasteiger partial charge in [0.25, 0.3) is 0 Å². The summed E-state index contributed by atoms with van der Waals surface area (Å²) >= 11 is 0. The minimum atomic E-state index is -4.58. The molecule has 0 radical (unpaired) electrons. The number of aliphatic hydroxyl groups excluding tert-OH is 5. The Kier molecular flexibility index (Phi) is 10.5. The second-order valence-corrected chi connectivity index (χ2v) is 17.1. The number of phosphoric ester groups is 1. The van der Waals surface area contributed by atoms with E-state index in [1.165, 1.54) is 38.5 Å². The number of hydrogen-bond donors (Lipinski definition) is 6. The monoisotopic (exact) mass is 644 g/mol. The Morgan fingerprint density at radius 3 is 2.39 bits per heavy atom. The minimum Gasteiger partial charge on any atom is -0.389 e. The lowest BCUT2D eigenvalue weighted by Gasteiger charge is -2.59. The van der Waals surface area contributed by atoms with Crippen LogP contribution in [0.3, 0.4) is 0 Å². The predicted octanol–water partition coefficient (Wildman–Crippen LogP) is 4.30. The van der Waals surface area contributed by atoms with Crippen molar-refractivity contribution in [3.05, 3.63) is 11.6 Å². The maximum absolute atomic E-state index is 12.9. The fourth-order valence-electron chi connectivity index (χ4n) is 10.2. The van der Waals surface area contributed by atoms with Crippen LogP contribution >= 0.6 is 7.82 Å². The highest BCUT2D eigenvalue weighted by Crippen LogP contribution is 2.67. The second kappa shape index (κ2) is 13.3. The summed E-state index contributed by atoms with van der Waals surface area (Å²) in [5, 5.41) is 51.0. The molecule has 5 rings (SSSR count). The van der Waals surface area contributed by atoms with Gasteiger partial charge in [-0.3, -0.25) is 9.05 Å². The summed E-state index contributed by atoms with van der Waals surface area (Å²) in [7, 11) is -4.58. The highest BCUT2D eigenvalue weighted by molar-refractivity contribution is 7.47. The van der Waals surface area contributed by atoms with E-state index in [1.54, 1.807) is 0 Å². The van der Waals surface area contributed by atoms with Crippen molar-refractivity contribution in [2.75, 3.05) is 6.61 Å². The molecule has 0 spiro atoms. The first-order valence-corrected chi connectivity index (χ1v) is 18.5. The summed E-state index contributed by atoms with van der Waals surface area (Å²) < 4.78 is 28.6. The van der Waals surface area contributed by atoms with E-state index in [4.69, 9.17) is 13.8 Å². The van der Waals surface area contributed by atoms with Crippen LogP contribution in [0, 0.1) is 46.3 Å². The molecule has 6 N–H and O–H groups in total. The van der Waals surface area contributed by atoms with E-state index in [0.717, 1.165) is 24.3 Å². The quantitative estimate of drug-likeness (QED) is 0.149. The molecule has 1 aliphatic heterocycles. The summed E-state index contributed by atoms with van der Waals surface area (Å²) in [4.78, 5) is 10.5. The van der Waals surface area contributed by atoms with E-state index < -0.39 is 57.3 Å². The number of hydrogen-bond acceptors (Lipinski definition) is 9. The van der Waals surface area contributed by atoms with Crippen LogP contribution in [0.15, 0.2) is 11.6 Å². The Hall–Kier alpha value is -0.390. The van der Waals surface area contributed by atoms with Gasteiger partial charge in [-0.05, 0) is 91.3 Å². The maximum Gasteiger partial charge on any atom is 0.472 e. The van der Waals surface area contributed by atoms with Gasteiger partial charge in [0.2, 0.25) is 0 Å². The number of phosphoric acid groups is 1. The normalized spacial score (nSPS) is 47.7. The van der Waals surface area contributed by atoms with Gasteiger partial charge < -0.3 is 35.2 Å². The van der Waals surface area contributed by atoms with Crippen LogP contribution in [0.2, 0.25) is 0 Å². The second-order valence-electron chi connectivity index (χ2n) is 15.7. The number of ether oxygens (including phenoxy) is 1. The Labute approximate surface area is 262 Å². The zero-order valence-electron chi connectivity index (χ0n) is 27.1. The van der Waals surface area contributed by atoms with Gasteiger partial charge in [0.1, 0.15) is 24.4 Å². The van der Waals surface area contributed by atoms with E-state index in [0.29, 0.717) is 36.5 Å². The molecule has 11 heteroatoms. The van der Waals surface area contributed by atoms with Gasteiger partial charge >= 0.3 is 7.82 Å². The van der Waals surface area contributed by atoms with Crippen LogP contribution in [0.5, 0.6) is 0 Å². The molecule has 0 amide bonds. The molecule has 44 heavy (non-hydrogen) atoms. The summed E-state index contributed by atoms with van der Waals surface area (Å²) in [6.45, 7) is 11.2. The van der Waals surface area contributed by atoms with Crippen molar-refractivity contribution in [3.63, 3.8) is 0 Å². The smallest absolute Gasteiger partial charge is 0.389 e. The van der Waals surface area contributed by atoms with Gasteiger partial charge in [0.05, 0.1) is 18.8 Å². The highest BCUT2D eigenvalue weighted by Gasteiger charge is 2.61. The van der Waals surface area contributed by atoms with Crippen molar-refractivity contribution < 1.29 is 48.8 Å². The Morgan fingerprint density at radius 1 is 0.955 bits per heavy atom. The third kappa shape index (κ3) is 6.65. The molecule has 0 bridgehead atoms. The van der Waals surface area contributed by atoms with Crippen molar-refractivity contribution in [2.24, 2.45) is 46.3 Å². The summed E-state index contributed by atoms with van der Waals surface area (Å²) in [6, 6.07) is 0. The average molecular weight is 645 g/mol. The lowest BCUT2D eigenvalue weighted by molar-refractivity contribution is -0.285. The van der Waals surface area contributed by atoms with Gasteiger partial charge in [0, 0.05) is 0 Å². The number of fused-ring (bicyclic) bond motifs is 5. The molecule has 5 aliphatic rings. The largest absolute Gasteiger partial charge is 0.472 e. The molecule has 254 valence electrons. The van der Waals surface area contributed by atoms with Gasteiger partial charge in [0.15, 0.2) is 6.29 Å². The summed E-state index contributed by atoms with van der Waals surface area (Å²) in [5.41, 5.74) is 1.25. The first-order valence-electron chi connectivity index (χ1n) is 17.0. The molecule has 0 aromatic carbocycles. The zero-order chi connectivity index (χ0) is 32.2. The van der Waals surface area contributed by atoms with Crippen LogP contribution in [-0.4, -0.2) is 79.9 Å². The van der Waals surface area contributed by atoms with Crippen LogP contribution < -0.4 is 0 Å². The van der Waals surface area contributed by atoms with Crippen molar-refractivity contribution in [2.45, 2.75) is 142 Å². The topological polar surface area (TPSA) is 166 Å². The van der Waals surface area contributed by atoms with Crippen LogP contribution in [0.1, 0.15) is 98.8 Å². The van der Waals surface area contributed by atoms with Gasteiger partial charge in [-0.25, -0.2) is 4.57 Å². The van der Waals surface area contributed by atoms with Crippen molar-refractivity contribution >= 4 is 7.82 Å². The number of rotatable bonds is 10. The molecular formula is C33H57O10P. The lowest BCUT2D eigenvalue weighted by Crippen LogP contribution is -2.58. The number of aliphatic hydroxyl groups is 5. The fraction of sp³-hybridized carbons (Fsp3) is 0.939. The molecular weight excluding hydrogens is 587 g/mol. The lowest BCUT2D eigenvalue weighted by atomic mass is 9.46. The van der Waals surface area contributed by atoms with E-state index in [2.05, 4.69) is 34.6 Å². The van der Waals surface area contributed by atoms with Crippen LogP contribution in [0.25, 0.3) is 0 Å². The van der Waals surface area contributed by atoms with Crippen LogP contribution in [0.4, 0.5) is 0 Å². The van der Waals surface area contributed by atoms with Gasteiger partial charge in [-0.15, -0.1) is 0 Å². The maximum atomic E-state index is 12.9. The first kappa shape index (κ1) is 34.9. The molecule has 1 heterocycles. The third-order valence-corrected chi connectivity index (χ3v) is 13.7. The fourth-order valence-corrected chi connectivity index (χ4v) is 11.1. The SMILES string of the molecule is CC(C)CCC[C@@H](C)[C@H]1CC[C@H]2[C@@H]3[C@@H](O)C=C4C[C@@H](OP(=O)(O)OC[C@H]5OC(O)[C@@H](O)[C@@H](O)[C@@H]5O)CC[C@]4(C)[C@H]3CC[C@]12C. The minimum absolute atomic E-state index is 0.0977. The Morgan fingerprint density at radius 2 is 1.68 bits per heavy atom. The van der Waals surface area contributed by atoms with Crippen molar-refractivity contribution in [1.82, 2.24) is 0 Å². The summed E-state index contributed by atoms with van der Waals surface area (Å²) in [6.07, 6.45) is 3.11. The van der Waals surface area contributed by atoms with E-state index in [9.17, 15) is 35.0 Å². The average Bonchev–Trinajstić information content (AvgIpc) is 3.30. The Bertz CT molecular complexity index is 1080. The van der Waals surface area contributed by atoms with Gasteiger partial charge in [-0.2, -0.15) is 0 Å². The van der Waals surface area contributed by atoms with E-state index >= 15 is 0 Å². The molecule has 0 aromatic rings. The summed E-state index contributed by atoms with van der Waals surface area (Å²) in [5.74, 6) is 3.23. The third-order valence-electron chi connectivity index (χ3n) is 12.7. The Balaban J connectivity index is 1.22. The highest BCUT2D eigenvalue weighted by atomic mass is 31.2. The van der Waals surface area contributed by atoms with Crippen LogP contribution in [-0.2, 0) is 18.3 Å². The van der Waals surface area contributed by atoms with E-state index in [-0.39, 0.29) is 16.7 Å². The molecule has 2 unspecified atom stereocenters. The van der Waals surface area contributed by atoms with Crippen molar-refractivity contribution in [1.29, 1.82) is 0 Å². The predicted molar refractivity (Wildman–Crippen MR) is 164 cm³/mol. The molecule has 4 fully saturated rings.